The van der Waals surface area contributed by atoms with Crippen LogP contribution in [-0.2, 0) is 4.79 Å². The van der Waals surface area contributed by atoms with Crippen LogP contribution in [0, 0.1) is 17.2 Å². The van der Waals surface area contributed by atoms with Crippen molar-refractivity contribution in [3.63, 3.8) is 0 Å². The highest BCUT2D eigenvalue weighted by molar-refractivity contribution is 6.30. The first-order valence-corrected chi connectivity index (χ1v) is 13.5. The summed E-state index contributed by atoms with van der Waals surface area (Å²) in [4.78, 5) is 23.3. The summed E-state index contributed by atoms with van der Waals surface area (Å²) >= 11 is 6.26. The molecule has 0 fully saturated rings. The molecule has 0 radical (unpaired) electrons. The Morgan fingerprint density at radius 1 is 1.03 bits per heavy atom. The molecule has 0 aliphatic heterocycles. The van der Waals surface area contributed by atoms with Crippen LogP contribution in [0.5, 0.6) is 0 Å². The number of carboxylic acid groups (broad SMARTS) is 1. The number of allylic oxidation sites excluding steroid dienone is 10. The van der Waals surface area contributed by atoms with Crippen molar-refractivity contribution in [3.8, 4) is 6.07 Å². The fraction of sp³-hybridized carbons (Fsp3) is 0.242. The molecule has 2 aliphatic rings. The van der Waals surface area contributed by atoms with Crippen molar-refractivity contribution >= 4 is 23.5 Å². The van der Waals surface area contributed by atoms with Gasteiger partial charge in [-0.2, -0.15) is 5.26 Å². The molecule has 2 bridgehead atoms. The van der Waals surface area contributed by atoms with Crippen LogP contribution in [0.2, 0.25) is 5.02 Å². The Balaban J connectivity index is 1.69. The average Bonchev–Trinajstić information content (AvgIpc) is 3.26. The molecule has 4 rings (SSSR count). The van der Waals surface area contributed by atoms with Gasteiger partial charge in [0.1, 0.15) is 0 Å². The highest BCUT2D eigenvalue weighted by Crippen LogP contribution is 2.44. The van der Waals surface area contributed by atoms with Crippen molar-refractivity contribution < 1.29 is 14.7 Å². The van der Waals surface area contributed by atoms with Crippen molar-refractivity contribution in [2.45, 2.75) is 38.0 Å². The van der Waals surface area contributed by atoms with E-state index in [4.69, 9.17) is 16.7 Å². The number of carbonyl (C=O) groups excluding carboxylic acids is 1. The quantitative estimate of drug-likeness (QED) is 0.333. The van der Waals surface area contributed by atoms with Gasteiger partial charge >= 0.3 is 5.97 Å². The minimum Gasteiger partial charge on any atom is -0.481 e. The van der Waals surface area contributed by atoms with E-state index in [2.05, 4.69) is 60.8 Å². The van der Waals surface area contributed by atoms with Crippen molar-refractivity contribution in [2.75, 3.05) is 6.54 Å². The molecule has 6 heteroatoms. The number of aliphatic carboxylic acids is 1. The van der Waals surface area contributed by atoms with Crippen LogP contribution in [0.3, 0.4) is 0 Å². The Morgan fingerprint density at radius 3 is 2.41 bits per heavy atom. The van der Waals surface area contributed by atoms with E-state index in [-0.39, 0.29) is 36.6 Å². The molecule has 5 nitrogen and oxygen atoms in total. The molecule has 0 spiro atoms. The second kappa shape index (κ2) is 13.1. The van der Waals surface area contributed by atoms with Gasteiger partial charge in [0.25, 0.3) is 5.91 Å². The van der Waals surface area contributed by atoms with Crippen LogP contribution < -0.4 is 5.32 Å². The van der Waals surface area contributed by atoms with E-state index in [1.165, 1.54) is 5.57 Å². The minimum atomic E-state index is -0.948. The van der Waals surface area contributed by atoms with Crippen molar-refractivity contribution in [1.29, 1.82) is 5.26 Å². The van der Waals surface area contributed by atoms with E-state index in [9.17, 15) is 14.9 Å². The maximum Gasteiger partial charge on any atom is 0.305 e. The summed E-state index contributed by atoms with van der Waals surface area (Å²) in [6.07, 6.45) is 16.3. The maximum atomic E-state index is 12.5. The molecule has 2 aromatic rings. The largest absolute Gasteiger partial charge is 0.481 e. The number of nitriles is 1. The highest BCUT2D eigenvalue weighted by Gasteiger charge is 2.28. The number of nitrogens with one attached hydrogen (secondary N) is 1. The van der Waals surface area contributed by atoms with Gasteiger partial charge in [0.05, 0.1) is 18.1 Å². The standard InChI is InChI=1S/C33H31ClN2O3/c1-2-3-30(25-8-10-27(11-9-25)33(39)36-17-16-31(37)38)32(26-12-14-29(34)15-13-26)28-7-6-22-18-23(20-28)4-5-24(19-22)21-35/h4-15,18-20,23,30,32H,2-3,16-17H2,1H3,(H,36,39)(H,37,38). The summed E-state index contributed by atoms with van der Waals surface area (Å²) in [6.45, 7) is 2.26. The summed E-state index contributed by atoms with van der Waals surface area (Å²) in [5.74, 6) is -1.01. The van der Waals surface area contributed by atoms with Gasteiger partial charge in [0.15, 0.2) is 0 Å². The topological polar surface area (TPSA) is 90.2 Å². The second-order valence-electron chi connectivity index (χ2n) is 9.76. The summed E-state index contributed by atoms with van der Waals surface area (Å²) in [7, 11) is 0. The van der Waals surface area contributed by atoms with Crippen molar-refractivity contribution in [2.24, 2.45) is 5.92 Å². The molecule has 0 saturated carbocycles. The van der Waals surface area contributed by atoms with E-state index >= 15 is 0 Å². The molecule has 0 saturated heterocycles. The van der Waals surface area contributed by atoms with E-state index in [1.807, 2.05) is 48.6 Å². The third-order valence-corrected chi connectivity index (χ3v) is 7.26. The van der Waals surface area contributed by atoms with Gasteiger partial charge in [-0.1, -0.05) is 79.6 Å². The predicted octanol–water partition coefficient (Wildman–Crippen LogP) is 7.27. The average molecular weight is 539 g/mol. The number of nitrogens with zero attached hydrogens (tertiary/aromatic N) is 1. The number of hydrogen-bond donors (Lipinski definition) is 2. The fourth-order valence-corrected chi connectivity index (χ4v) is 5.28. The Kier molecular flexibility index (Phi) is 9.35. The molecule has 0 heterocycles. The highest BCUT2D eigenvalue weighted by atomic mass is 35.5. The number of carbonyl (C=O) groups is 2. The van der Waals surface area contributed by atoms with Gasteiger partial charge in [0.2, 0.25) is 0 Å². The van der Waals surface area contributed by atoms with E-state index in [1.54, 1.807) is 0 Å². The van der Waals surface area contributed by atoms with Crippen LogP contribution in [0.4, 0.5) is 0 Å². The van der Waals surface area contributed by atoms with E-state index in [0.29, 0.717) is 16.2 Å². The van der Waals surface area contributed by atoms with E-state index in [0.717, 1.165) is 29.5 Å². The zero-order valence-electron chi connectivity index (χ0n) is 21.8. The molecule has 0 aromatic heterocycles. The summed E-state index contributed by atoms with van der Waals surface area (Å²) in [5.41, 5.74) is 5.60. The smallest absolute Gasteiger partial charge is 0.305 e. The monoisotopic (exact) mass is 538 g/mol. The third-order valence-electron chi connectivity index (χ3n) is 7.00. The third kappa shape index (κ3) is 7.25. The lowest BCUT2D eigenvalue weighted by Crippen LogP contribution is -2.26. The van der Waals surface area contributed by atoms with Crippen molar-refractivity contribution in [3.05, 3.63) is 129 Å². The van der Waals surface area contributed by atoms with Gasteiger partial charge in [-0.05, 0) is 71.0 Å². The zero-order chi connectivity index (χ0) is 27.8. The van der Waals surface area contributed by atoms with Crippen LogP contribution >= 0.6 is 11.6 Å². The van der Waals surface area contributed by atoms with Gasteiger partial charge in [0, 0.05) is 29.0 Å². The zero-order valence-corrected chi connectivity index (χ0v) is 22.6. The van der Waals surface area contributed by atoms with Gasteiger partial charge < -0.3 is 10.4 Å². The molecular formula is C33H31ClN2O3. The first kappa shape index (κ1) is 27.9. The lowest BCUT2D eigenvalue weighted by Gasteiger charge is -2.30. The predicted molar refractivity (Wildman–Crippen MR) is 155 cm³/mol. The Labute approximate surface area is 234 Å². The fourth-order valence-electron chi connectivity index (χ4n) is 5.15. The number of benzene rings is 2. The first-order chi connectivity index (χ1) is 18.9. The maximum absolute atomic E-state index is 12.5. The van der Waals surface area contributed by atoms with E-state index < -0.39 is 5.97 Å². The summed E-state index contributed by atoms with van der Waals surface area (Å²) < 4.78 is 0. The Morgan fingerprint density at radius 2 is 1.74 bits per heavy atom. The van der Waals surface area contributed by atoms with Gasteiger partial charge in [-0.25, -0.2) is 0 Å². The lowest BCUT2D eigenvalue weighted by molar-refractivity contribution is -0.136. The molecule has 3 unspecified atom stereocenters. The Hall–Kier alpha value is -4.14. The number of fused-ring (bicyclic) bond motifs is 1. The molecule has 2 aromatic carbocycles. The number of amides is 1. The molecule has 2 aliphatic carbocycles. The van der Waals surface area contributed by atoms with Crippen LogP contribution in [0.1, 0.15) is 59.5 Å². The van der Waals surface area contributed by atoms with Gasteiger partial charge in [-0.3, -0.25) is 9.59 Å². The van der Waals surface area contributed by atoms with Crippen LogP contribution in [-0.4, -0.2) is 23.5 Å². The molecular weight excluding hydrogens is 508 g/mol. The molecule has 39 heavy (non-hydrogen) atoms. The van der Waals surface area contributed by atoms with Crippen LogP contribution in [0.25, 0.3) is 0 Å². The first-order valence-electron chi connectivity index (χ1n) is 13.1. The van der Waals surface area contributed by atoms with Crippen molar-refractivity contribution in [1.82, 2.24) is 5.32 Å². The normalized spacial score (nSPS) is 17.5. The minimum absolute atomic E-state index is 0.0382. The number of carboxylic acids is 1. The SMILES string of the molecule is CCCC(c1ccc(C(=O)NCCC(=O)O)cc1)C(C1=CC2C=CC(C#N)=CC(=C2)C=C1)c1ccc(Cl)cc1. The van der Waals surface area contributed by atoms with Gasteiger partial charge in [-0.15, -0.1) is 0 Å². The number of halogens is 1. The second-order valence-corrected chi connectivity index (χ2v) is 10.2. The summed E-state index contributed by atoms with van der Waals surface area (Å²) in [6, 6.07) is 17.9. The number of hydrogen-bond acceptors (Lipinski definition) is 3. The number of rotatable bonds is 10. The molecule has 2 N–H and O–H groups in total. The lowest BCUT2D eigenvalue weighted by atomic mass is 9.74. The van der Waals surface area contributed by atoms with Crippen LogP contribution in [0.15, 0.2) is 108 Å². The molecule has 1 amide bonds. The molecule has 3 atom stereocenters. The molecule has 198 valence electrons. The Bertz CT molecular complexity index is 1410. The summed E-state index contributed by atoms with van der Waals surface area (Å²) in [5, 5.41) is 21.6.